The van der Waals surface area contributed by atoms with Crippen LogP contribution in [0.1, 0.15) is 16.7 Å². The maximum Gasteiger partial charge on any atom is 0.0328 e. The molecule has 0 aliphatic carbocycles. The molecule has 0 radical (unpaired) electrons. The lowest BCUT2D eigenvalue weighted by atomic mass is 9.56. The average molecular weight is 267 g/mol. The molecule has 0 atom stereocenters. The lowest BCUT2D eigenvalue weighted by Gasteiger charge is -2.32. The minimum Gasteiger partial charge on any atom is -0.259 e. The fourth-order valence-electron chi connectivity index (χ4n) is 3.19. The van der Waals surface area contributed by atoms with Gasteiger partial charge >= 0.3 is 0 Å². The van der Waals surface area contributed by atoms with Crippen molar-refractivity contribution < 1.29 is 0 Å². The Hall–Kier alpha value is -1.15. The van der Waals surface area contributed by atoms with Crippen molar-refractivity contribution in [2.24, 2.45) is 0 Å². The van der Waals surface area contributed by atoms with Crippen LogP contribution in [0.3, 0.4) is 0 Å². The van der Waals surface area contributed by atoms with E-state index in [-0.39, 0.29) is 0 Å². The second-order valence-corrected chi connectivity index (χ2v) is 11.8. The fourth-order valence-corrected chi connectivity index (χ4v) is 4.96. The summed E-state index contributed by atoms with van der Waals surface area (Å²) in [5.74, 6) is 2.37. The molecule has 2 heteroatoms. The molecule has 100 valence electrons. The maximum absolute atomic E-state index is 2.44. The first-order valence-electron chi connectivity index (χ1n) is 7.10. The van der Waals surface area contributed by atoms with Gasteiger partial charge in [0, 0.05) is 8.07 Å². The van der Waals surface area contributed by atoms with Gasteiger partial charge in [0.2, 0.25) is 0 Å². The lowest BCUT2D eigenvalue weighted by molar-refractivity contribution is 1.34. The van der Waals surface area contributed by atoms with E-state index >= 15 is 0 Å². The molecule has 2 aromatic rings. The van der Waals surface area contributed by atoms with E-state index < -0.39 is 8.07 Å². The van der Waals surface area contributed by atoms with E-state index in [9.17, 15) is 0 Å². The van der Waals surface area contributed by atoms with Crippen LogP contribution in [0.5, 0.6) is 0 Å². The molecule has 0 unspecified atom stereocenters. The van der Waals surface area contributed by atoms with Crippen LogP contribution in [0.25, 0.3) is 5.46 Å². The van der Waals surface area contributed by atoms with Crippen LogP contribution in [-0.2, 0) is 0 Å². The molecular formula is C17H24BSi-. The Kier molecular flexibility index (Phi) is 3.82. The molecule has 0 bridgehead atoms. The van der Waals surface area contributed by atoms with Gasteiger partial charge in [0.05, 0.1) is 0 Å². The van der Waals surface area contributed by atoms with Gasteiger partial charge in [-0.3, -0.25) is 11.0 Å². The zero-order valence-corrected chi connectivity index (χ0v) is 14.0. The highest BCUT2D eigenvalue weighted by Crippen LogP contribution is 2.20. The summed E-state index contributed by atoms with van der Waals surface area (Å²) in [7, 11) is -1.28. The highest BCUT2D eigenvalue weighted by molar-refractivity contribution is 7.01. The van der Waals surface area contributed by atoms with Crippen molar-refractivity contribution in [3.63, 3.8) is 0 Å². The van der Waals surface area contributed by atoms with E-state index in [1.165, 1.54) is 22.2 Å². The largest absolute Gasteiger partial charge is 0.259 e. The zero-order valence-electron chi connectivity index (χ0n) is 13.0. The van der Waals surface area contributed by atoms with Gasteiger partial charge in [-0.05, 0) is 20.8 Å². The number of aryl methyl sites for hydroxylation is 3. The molecule has 2 rings (SSSR count). The molecule has 0 amide bonds. The standard InChI is InChI=1S/C17H24BSi/c1-13-11-14(2)17(15(3)12-13)18-10-8-7-9-16(18)19(4,5)6/h7-12H,1-6H3/q-1. The average Bonchev–Trinajstić information content (AvgIpc) is 2.26. The molecule has 19 heavy (non-hydrogen) atoms. The van der Waals surface area contributed by atoms with Crippen LogP contribution in [-0.4, -0.2) is 14.4 Å². The molecule has 1 heterocycles. The first-order valence-corrected chi connectivity index (χ1v) is 10.6. The molecule has 0 aliphatic rings. The Labute approximate surface area is 118 Å². The summed E-state index contributed by atoms with van der Waals surface area (Å²) >= 11 is 0. The van der Waals surface area contributed by atoms with Gasteiger partial charge in [0.1, 0.15) is 0 Å². The quantitative estimate of drug-likeness (QED) is 0.716. The van der Waals surface area contributed by atoms with Gasteiger partial charge in [-0.25, -0.2) is 5.46 Å². The molecule has 0 N–H and O–H groups in total. The SMILES string of the molecule is Cc1cc(C)c(-[b-]2ccccc2[Si](C)(C)C)c(C)c1. The van der Waals surface area contributed by atoms with Gasteiger partial charge in [0.15, 0.2) is 0 Å². The Balaban J connectivity index is 2.74. The summed E-state index contributed by atoms with van der Waals surface area (Å²) in [6.45, 7) is 14.0. The van der Waals surface area contributed by atoms with Gasteiger partial charge in [-0.15, -0.1) is 12.1 Å². The first kappa shape index (κ1) is 14.3. The predicted octanol–water partition coefficient (Wildman–Crippen LogP) is 4.17. The van der Waals surface area contributed by atoms with Gasteiger partial charge in [-0.1, -0.05) is 60.9 Å². The van der Waals surface area contributed by atoms with Crippen molar-refractivity contribution in [3.05, 3.63) is 53.0 Å². The third-order valence-corrected chi connectivity index (χ3v) is 6.15. The Morgan fingerprint density at radius 3 is 2.00 bits per heavy atom. The van der Waals surface area contributed by atoms with Crippen molar-refractivity contribution >= 4 is 19.5 Å². The van der Waals surface area contributed by atoms with Crippen molar-refractivity contribution in [3.8, 4) is 5.46 Å². The normalized spacial score (nSPS) is 11.7. The minimum absolute atomic E-state index is 0.484. The lowest BCUT2D eigenvalue weighted by Crippen LogP contribution is -2.44. The topological polar surface area (TPSA) is 0 Å². The molecule has 0 spiro atoms. The molecule has 0 aliphatic heterocycles. The van der Waals surface area contributed by atoms with Crippen LogP contribution in [0.4, 0.5) is 0 Å². The van der Waals surface area contributed by atoms with E-state index in [2.05, 4.69) is 76.7 Å². The summed E-state index contributed by atoms with van der Waals surface area (Å²) < 4.78 is 0. The van der Waals surface area contributed by atoms with Crippen LogP contribution in [0, 0.1) is 20.8 Å². The van der Waals surface area contributed by atoms with E-state index in [4.69, 9.17) is 0 Å². The minimum atomic E-state index is -1.28. The molecule has 0 saturated heterocycles. The summed E-state index contributed by atoms with van der Waals surface area (Å²) in [5, 5.41) is 1.64. The van der Waals surface area contributed by atoms with Crippen molar-refractivity contribution in [1.82, 2.24) is 0 Å². The van der Waals surface area contributed by atoms with Crippen molar-refractivity contribution in [1.29, 1.82) is 0 Å². The molecule has 0 fully saturated rings. The zero-order chi connectivity index (χ0) is 14.2. The summed E-state index contributed by atoms with van der Waals surface area (Å²) in [6, 6.07) is 11.4. The highest BCUT2D eigenvalue weighted by atomic mass is 28.3. The summed E-state index contributed by atoms with van der Waals surface area (Å²) in [6.07, 6.45) is 0.484. The smallest absolute Gasteiger partial charge is 0.0328 e. The monoisotopic (exact) mass is 267 g/mol. The molecular weight excluding hydrogens is 243 g/mol. The predicted molar refractivity (Wildman–Crippen MR) is 90.9 cm³/mol. The van der Waals surface area contributed by atoms with Crippen LogP contribution in [0.2, 0.25) is 19.6 Å². The van der Waals surface area contributed by atoms with Crippen molar-refractivity contribution in [2.75, 3.05) is 0 Å². The third kappa shape index (κ3) is 2.89. The van der Waals surface area contributed by atoms with E-state index in [0.29, 0.717) is 6.34 Å². The van der Waals surface area contributed by atoms with Crippen LogP contribution < -0.4 is 5.08 Å². The number of hydrogen-bond acceptors (Lipinski definition) is 0. The number of benzene rings is 1. The van der Waals surface area contributed by atoms with E-state index in [1.54, 1.807) is 5.08 Å². The summed E-state index contributed by atoms with van der Waals surface area (Å²) in [5.41, 5.74) is 5.74. The molecule has 1 aromatic carbocycles. The van der Waals surface area contributed by atoms with E-state index in [1.807, 2.05) is 0 Å². The Bertz CT molecular complexity index is 586. The Morgan fingerprint density at radius 1 is 0.895 bits per heavy atom. The van der Waals surface area contributed by atoms with Crippen LogP contribution >= 0.6 is 0 Å². The molecule has 0 nitrogen and oxygen atoms in total. The maximum atomic E-state index is 2.44. The fraction of sp³-hybridized carbons (Fsp3) is 0.353. The van der Waals surface area contributed by atoms with E-state index in [0.717, 1.165) is 0 Å². The molecule has 0 saturated carbocycles. The second kappa shape index (κ2) is 5.09. The summed E-state index contributed by atoms with van der Waals surface area (Å²) in [4.78, 5) is 0. The van der Waals surface area contributed by atoms with Gasteiger partial charge in [-0.2, -0.15) is 0 Å². The van der Waals surface area contributed by atoms with Gasteiger partial charge < -0.3 is 0 Å². The molecule has 1 aromatic heterocycles. The third-order valence-electron chi connectivity index (χ3n) is 3.94. The highest BCUT2D eigenvalue weighted by Gasteiger charge is 2.13. The number of hydrogen-bond donors (Lipinski definition) is 0. The van der Waals surface area contributed by atoms with Crippen molar-refractivity contribution in [2.45, 2.75) is 40.4 Å². The van der Waals surface area contributed by atoms with Crippen LogP contribution in [0.15, 0.2) is 36.3 Å². The first-order chi connectivity index (χ1) is 8.80. The number of rotatable bonds is 2. The van der Waals surface area contributed by atoms with Gasteiger partial charge in [0.25, 0.3) is 0 Å². The Morgan fingerprint density at radius 2 is 1.47 bits per heavy atom. The second-order valence-electron chi connectivity index (χ2n) is 6.74.